The lowest BCUT2D eigenvalue weighted by Crippen LogP contribution is -2.30. The molecule has 7 nitrogen and oxygen atoms in total. The predicted molar refractivity (Wildman–Crippen MR) is 96.1 cm³/mol. The first-order valence-corrected chi connectivity index (χ1v) is 8.66. The van der Waals surface area contributed by atoms with E-state index in [1.54, 1.807) is 0 Å². The molecule has 3 rings (SSSR count). The van der Waals surface area contributed by atoms with Crippen LogP contribution in [0, 0.1) is 19.8 Å². The molecule has 2 heterocycles. The molecule has 0 radical (unpaired) electrons. The Balaban J connectivity index is 2.00. The van der Waals surface area contributed by atoms with Crippen LogP contribution in [0.5, 0.6) is 0 Å². The minimum absolute atomic E-state index is 0.0527. The second-order valence-electron chi connectivity index (χ2n) is 7.08. The van der Waals surface area contributed by atoms with Crippen LogP contribution in [0.2, 0.25) is 0 Å². The molecule has 25 heavy (non-hydrogen) atoms. The number of nitrogens with zero attached hydrogens (tertiary/aromatic N) is 3. The van der Waals surface area contributed by atoms with E-state index in [1.807, 2.05) is 4.68 Å². The summed E-state index contributed by atoms with van der Waals surface area (Å²) in [5.41, 5.74) is 15.2. The number of hydrazine groups is 1. The number of hydrogen-bond donors (Lipinski definition) is 3. The maximum atomic E-state index is 11.3. The Labute approximate surface area is 148 Å². The predicted octanol–water partition coefficient (Wildman–Crippen LogP) is 0.955. The molecule has 1 aliphatic rings. The van der Waals surface area contributed by atoms with Crippen molar-refractivity contribution in [2.24, 2.45) is 11.7 Å². The number of hydrogen-bond acceptors (Lipinski definition) is 5. The van der Waals surface area contributed by atoms with Crippen LogP contribution in [-0.2, 0) is 17.6 Å². The number of aryl methyl sites for hydroxylation is 2. The topological polar surface area (TPSA) is 97.9 Å². The normalized spacial score (nSPS) is 23.1. The second kappa shape index (κ2) is 6.93. The summed E-state index contributed by atoms with van der Waals surface area (Å²) in [6.45, 7) is 8.44. The van der Waals surface area contributed by atoms with Crippen molar-refractivity contribution in [3.8, 4) is 5.69 Å². The summed E-state index contributed by atoms with van der Waals surface area (Å²) in [7, 11) is 0. The summed E-state index contributed by atoms with van der Waals surface area (Å²) >= 11 is 0. The first-order valence-electron chi connectivity index (χ1n) is 8.66. The van der Waals surface area contributed by atoms with Crippen LogP contribution in [0.25, 0.3) is 5.69 Å². The average Bonchev–Trinajstić information content (AvgIpc) is 3.04. The van der Waals surface area contributed by atoms with E-state index >= 15 is 0 Å². The third-order valence-electron chi connectivity index (χ3n) is 4.74. The van der Waals surface area contributed by atoms with Gasteiger partial charge in [0.25, 0.3) is 0 Å². The third kappa shape index (κ3) is 3.88. The van der Waals surface area contributed by atoms with Gasteiger partial charge >= 0.3 is 0 Å². The standard InChI is InChI=1S/C18H26N6O/c1-10-5-11(2)7-14(6-10)24-18(20-17(23-24)9-16(19)25)8-15-12(3)21-22-13(15)4/h5-7,12-13,15,21-22H,8-9H2,1-4H3,(H2,19,25). The van der Waals surface area contributed by atoms with Gasteiger partial charge < -0.3 is 5.73 Å². The highest BCUT2D eigenvalue weighted by atomic mass is 16.1. The molecule has 1 fully saturated rings. The van der Waals surface area contributed by atoms with Crippen molar-refractivity contribution in [1.82, 2.24) is 25.6 Å². The quantitative estimate of drug-likeness (QED) is 0.752. The number of nitrogens with two attached hydrogens (primary N) is 1. The molecular weight excluding hydrogens is 316 g/mol. The summed E-state index contributed by atoms with van der Waals surface area (Å²) in [6, 6.07) is 6.95. The van der Waals surface area contributed by atoms with Gasteiger partial charge in [0.2, 0.25) is 5.91 Å². The number of benzene rings is 1. The van der Waals surface area contributed by atoms with E-state index in [1.165, 1.54) is 11.1 Å². The van der Waals surface area contributed by atoms with Crippen molar-refractivity contribution >= 4 is 5.91 Å². The zero-order chi connectivity index (χ0) is 18.1. The van der Waals surface area contributed by atoms with Gasteiger partial charge in [-0.3, -0.25) is 15.6 Å². The number of carbonyl (C=O) groups is 1. The number of primary amides is 1. The van der Waals surface area contributed by atoms with Gasteiger partial charge in [-0.25, -0.2) is 9.67 Å². The van der Waals surface area contributed by atoms with Crippen molar-refractivity contribution in [3.05, 3.63) is 41.0 Å². The lowest BCUT2D eigenvalue weighted by molar-refractivity contribution is -0.117. The summed E-state index contributed by atoms with van der Waals surface area (Å²) in [5.74, 6) is 1.29. The van der Waals surface area contributed by atoms with E-state index in [9.17, 15) is 4.79 Å². The second-order valence-corrected chi connectivity index (χ2v) is 7.08. The summed E-state index contributed by atoms with van der Waals surface area (Å²) < 4.78 is 1.86. The van der Waals surface area contributed by atoms with E-state index in [2.05, 4.69) is 66.8 Å². The molecule has 0 bridgehead atoms. The molecule has 0 saturated carbocycles. The van der Waals surface area contributed by atoms with Gasteiger partial charge in [-0.05, 0) is 56.9 Å². The van der Waals surface area contributed by atoms with Crippen LogP contribution in [0.15, 0.2) is 18.2 Å². The Morgan fingerprint density at radius 1 is 1.16 bits per heavy atom. The third-order valence-corrected chi connectivity index (χ3v) is 4.74. The molecule has 1 aromatic heterocycles. The number of nitrogens with one attached hydrogen (secondary N) is 2. The number of rotatable bonds is 5. The van der Waals surface area contributed by atoms with Gasteiger partial charge in [0.15, 0.2) is 5.82 Å². The zero-order valence-corrected chi connectivity index (χ0v) is 15.2. The highest BCUT2D eigenvalue weighted by Gasteiger charge is 2.31. The van der Waals surface area contributed by atoms with Crippen molar-refractivity contribution in [1.29, 1.82) is 0 Å². The van der Waals surface area contributed by atoms with E-state index in [-0.39, 0.29) is 6.42 Å². The molecular formula is C18H26N6O. The van der Waals surface area contributed by atoms with E-state index in [0.717, 1.165) is 17.9 Å². The molecule has 1 amide bonds. The van der Waals surface area contributed by atoms with Crippen LogP contribution in [-0.4, -0.2) is 32.8 Å². The SMILES string of the molecule is Cc1cc(C)cc(-n2nc(CC(N)=O)nc2CC2C(C)NNC2C)c1. The monoisotopic (exact) mass is 342 g/mol. The highest BCUT2D eigenvalue weighted by Crippen LogP contribution is 2.22. The molecule has 134 valence electrons. The van der Waals surface area contributed by atoms with Crippen LogP contribution < -0.4 is 16.6 Å². The Morgan fingerprint density at radius 2 is 1.76 bits per heavy atom. The van der Waals surface area contributed by atoms with Crippen molar-refractivity contribution in [2.75, 3.05) is 0 Å². The van der Waals surface area contributed by atoms with Crippen molar-refractivity contribution in [3.63, 3.8) is 0 Å². The lowest BCUT2D eigenvalue weighted by Gasteiger charge is -2.17. The fourth-order valence-corrected chi connectivity index (χ4v) is 3.51. The van der Waals surface area contributed by atoms with Crippen LogP contribution >= 0.6 is 0 Å². The lowest BCUT2D eigenvalue weighted by atomic mass is 9.93. The fraction of sp³-hybridized carbons (Fsp3) is 0.500. The largest absolute Gasteiger partial charge is 0.369 e. The molecule has 0 aliphatic carbocycles. The maximum absolute atomic E-state index is 11.3. The van der Waals surface area contributed by atoms with Crippen LogP contribution in [0.3, 0.4) is 0 Å². The molecule has 7 heteroatoms. The Kier molecular flexibility index (Phi) is 4.87. The Hall–Kier alpha value is -2.25. The summed E-state index contributed by atoms with van der Waals surface area (Å²) in [4.78, 5) is 15.9. The molecule has 2 atom stereocenters. The fourth-order valence-electron chi connectivity index (χ4n) is 3.51. The van der Waals surface area contributed by atoms with Gasteiger partial charge in [0.05, 0.1) is 12.1 Å². The van der Waals surface area contributed by atoms with Gasteiger partial charge in [0.1, 0.15) is 5.82 Å². The average molecular weight is 342 g/mol. The number of aromatic nitrogens is 3. The highest BCUT2D eigenvalue weighted by molar-refractivity contribution is 5.75. The van der Waals surface area contributed by atoms with E-state index in [0.29, 0.717) is 23.8 Å². The maximum Gasteiger partial charge on any atom is 0.225 e. The Morgan fingerprint density at radius 3 is 2.32 bits per heavy atom. The van der Waals surface area contributed by atoms with Gasteiger partial charge in [0, 0.05) is 18.5 Å². The molecule has 4 N–H and O–H groups in total. The molecule has 2 aromatic rings. The summed E-state index contributed by atoms with van der Waals surface area (Å²) in [5, 5.41) is 4.56. The van der Waals surface area contributed by atoms with Crippen LogP contribution in [0.1, 0.15) is 36.6 Å². The van der Waals surface area contributed by atoms with Gasteiger partial charge in [-0.1, -0.05) is 6.07 Å². The number of amides is 1. The molecule has 1 saturated heterocycles. The first kappa shape index (κ1) is 17.6. The Bertz CT molecular complexity index is 754. The van der Waals surface area contributed by atoms with Crippen molar-refractivity contribution < 1.29 is 4.79 Å². The van der Waals surface area contributed by atoms with E-state index < -0.39 is 5.91 Å². The minimum atomic E-state index is -0.421. The van der Waals surface area contributed by atoms with Crippen LogP contribution in [0.4, 0.5) is 0 Å². The minimum Gasteiger partial charge on any atom is -0.369 e. The van der Waals surface area contributed by atoms with E-state index in [4.69, 9.17) is 5.73 Å². The molecule has 0 spiro atoms. The summed E-state index contributed by atoms with van der Waals surface area (Å²) in [6.07, 6.45) is 0.818. The van der Waals surface area contributed by atoms with Gasteiger partial charge in [-0.2, -0.15) is 5.10 Å². The molecule has 1 aromatic carbocycles. The molecule has 1 aliphatic heterocycles. The number of carbonyl (C=O) groups excluding carboxylic acids is 1. The first-order chi connectivity index (χ1) is 11.8. The molecule has 2 unspecified atom stereocenters. The smallest absolute Gasteiger partial charge is 0.225 e. The van der Waals surface area contributed by atoms with Gasteiger partial charge in [-0.15, -0.1) is 0 Å². The van der Waals surface area contributed by atoms with Crippen molar-refractivity contribution in [2.45, 2.75) is 52.6 Å². The zero-order valence-electron chi connectivity index (χ0n) is 15.2.